The summed E-state index contributed by atoms with van der Waals surface area (Å²) in [4.78, 5) is 24.9. The van der Waals surface area contributed by atoms with Crippen molar-refractivity contribution in [1.29, 1.82) is 0 Å². The minimum atomic E-state index is -0.880. The van der Waals surface area contributed by atoms with Crippen LogP contribution in [0.1, 0.15) is 83.1 Å². The molecule has 0 amide bonds. The van der Waals surface area contributed by atoms with E-state index in [2.05, 4.69) is 6.92 Å². The third-order valence-corrected chi connectivity index (χ3v) is 6.97. The number of allylic oxidation sites excluding steroid dienone is 2. The molecule has 1 unspecified atom stereocenters. The van der Waals surface area contributed by atoms with Gasteiger partial charge in [0.05, 0.1) is 12.0 Å². The topological polar surface area (TPSA) is 74.6 Å². The van der Waals surface area contributed by atoms with Crippen molar-refractivity contribution in [2.24, 2.45) is 5.92 Å². The molecule has 1 aliphatic carbocycles. The molecule has 0 saturated carbocycles. The number of hydrogen-bond donors (Lipinski definition) is 2. The van der Waals surface area contributed by atoms with E-state index in [0.717, 1.165) is 60.9 Å². The molecule has 1 aromatic carbocycles. The van der Waals surface area contributed by atoms with Crippen LogP contribution >= 0.6 is 11.3 Å². The third kappa shape index (κ3) is 5.67. The summed E-state index contributed by atoms with van der Waals surface area (Å²) in [7, 11) is 0. The van der Waals surface area contributed by atoms with Gasteiger partial charge in [-0.15, -0.1) is 11.3 Å². The Morgan fingerprint density at radius 2 is 1.87 bits per heavy atom. The van der Waals surface area contributed by atoms with Gasteiger partial charge in [-0.1, -0.05) is 56.5 Å². The molecule has 160 valence electrons. The predicted octanol–water partition coefficient (Wildman–Crippen LogP) is 5.92. The van der Waals surface area contributed by atoms with Gasteiger partial charge in [-0.25, -0.2) is 4.79 Å². The summed E-state index contributed by atoms with van der Waals surface area (Å²) in [6.45, 7) is 2.15. The molecule has 1 aromatic heterocycles. The van der Waals surface area contributed by atoms with E-state index < -0.39 is 12.1 Å². The van der Waals surface area contributed by atoms with Crippen LogP contribution in [0.15, 0.2) is 48.6 Å². The van der Waals surface area contributed by atoms with E-state index in [9.17, 15) is 14.7 Å². The maximum absolute atomic E-state index is 12.5. The number of aliphatic hydroxyl groups is 1. The molecule has 30 heavy (non-hydrogen) atoms. The summed E-state index contributed by atoms with van der Waals surface area (Å²) in [5.41, 5.74) is 1.92. The van der Waals surface area contributed by atoms with Crippen LogP contribution in [0.3, 0.4) is 0 Å². The Hall–Kier alpha value is -2.24. The molecule has 2 aromatic rings. The second kappa shape index (κ2) is 10.7. The molecular weight excluding hydrogens is 396 g/mol. The Morgan fingerprint density at radius 3 is 2.53 bits per heavy atom. The fraction of sp³-hybridized carbons (Fsp3) is 0.440. The van der Waals surface area contributed by atoms with Crippen molar-refractivity contribution in [3.05, 3.63) is 69.4 Å². The molecule has 0 bridgehead atoms. The molecule has 0 spiro atoms. The Balaban J connectivity index is 1.57. The summed E-state index contributed by atoms with van der Waals surface area (Å²) >= 11 is 1.32. The van der Waals surface area contributed by atoms with Crippen molar-refractivity contribution < 1.29 is 19.8 Å². The van der Waals surface area contributed by atoms with Crippen LogP contribution in [0, 0.1) is 5.92 Å². The first-order valence-corrected chi connectivity index (χ1v) is 11.6. The lowest BCUT2D eigenvalue weighted by atomic mass is 9.84. The van der Waals surface area contributed by atoms with Crippen LogP contribution < -0.4 is 0 Å². The summed E-state index contributed by atoms with van der Waals surface area (Å²) in [6, 6.07) is 11.4. The Morgan fingerprint density at radius 1 is 1.10 bits per heavy atom. The number of hydrogen-bond acceptors (Lipinski definition) is 4. The standard InChI is InChI=1S/C25H30O4S/c1-2-3-4-8-21(26)17-9-11-19(12-10-17)24-18(13-15-22(24)27)6-5-7-20-14-16-23(30-20)25(28)29/h9-16,18,21,24,26H,2-8H2,1H3,(H,28,29)/t18-,21?,24+/m1/s1. The first-order chi connectivity index (χ1) is 14.5. The Labute approximate surface area is 182 Å². The second-order valence-electron chi connectivity index (χ2n) is 8.04. The van der Waals surface area contributed by atoms with Gasteiger partial charge in [-0.05, 0) is 60.9 Å². The number of thiophene rings is 1. The van der Waals surface area contributed by atoms with Gasteiger partial charge in [0.1, 0.15) is 4.88 Å². The number of carbonyl (C=O) groups excluding carboxylic acids is 1. The number of aromatic carboxylic acids is 1. The molecule has 0 fully saturated rings. The zero-order chi connectivity index (χ0) is 21.5. The van der Waals surface area contributed by atoms with E-state index in [0.29, 0.717) is 4.88 Å². The molecule has 0 aliphatic heterocycles. The number of carbonyl (C=O) groups is 2. The van der Waals surface area contributed by atoms with Gasteiger partial charge in [-0.2, -0.15) is 0 Å². The molecule has 5 heteroatoms. The lowest BCUT2D eigenvalue weighted by Crippen LogP contribution is -2.14. The van der Waals surface area contributed by atoms with E-state index in [-0.39, 0.29) is 17.6 Å². The molecule has 1 heterocycles. The average Bonchev–Trinajstić information content (AvgIpc) is 3.35. The molecule has 1 aliphatic rings. The third-order valence-electron chi connectivity index (χ3n) is 5.84. The number of carboxylic acid groups (broad SMARTS) is 1. The van der Waals surface area contributed by atoms with Crippen LogP contribution in [0.5, 0.6) is 0 Å². The summed E-state index contributed by atoms with van der Waals surface area (Å²) < 4.78 is 0. The van der Waals surface area contributed by atoms with Crippen LogP contribution in [0.25, 0.3) is 0 Å². The highest BCUT2D eigenvalue weighted by atomic mass is 32.1. The van der Waals surface area contributed by atoms with Crippen molar-refractivity contribution >= 4 is 23.1 Å². The molecule has 3 rings (SSSR count). The maximum atomic E-state index is 12.5. The lowest BCUT2D eigenvalue weighted by molar-refractivity contribution is -0.116. The van der Waals surface area contributed by atoms with Gasteiger partial charge in [0.2, 0.25) is 0 Å². The quantitative estimate of drug-likeness (QED) is 0.437. The maximum Gasteiger partial charge on any atom is 0.345 e. The van der Waals surface area contributed by atoms with Crippen LogP contribution in [0.4, 0.5) is 0 Å². The summed E-state index contributed by atoms with van der Waals surface area (Å²) in [6.07, 6.45) is 9.93. The van der Waals surface area contributed by atoms with Gasteiger partial charge < -0.3 is 10.2 Å². The van der Waals surface area contributed by atoms with Crippen molar-refractivity contribution in [1.82, 2.24) is 0 Å². The smallest absolute Gasteiger partial charge is 0.345 e. The molecular formula is C25H30O4S. The predicted molar refractivity (Wildman–Crippen MR) is 120 cm³/mol. The Bertz CT molecular complexity index is 881. The number of unbranched alkanes of at least 4 members (excludes halogenated alkanes) is 2. The number of aliphatic hydroxyl groups excluding tert-OH is 1. The van der Waals surface area contributed by atoms with Crippen molar-refractivity contribution in [3.8, 4) is 0 Å². The monoisotopic (exact) mass is 426 g/mol. The zero-order valence-corrected chi connectivity index (χ0v) is 18.2. The van der Waals surface area contributed by atoms with Crippen molar-refractivity contribution in [2.75, 3.05) is 0 Å². The van der Waals surface area contributed by atoms with Gasteiger partial charge in [-0.3, -0.25) is 4.79 Å². The molecule has 2 N–H and O–H groups in total. The summed E-state index contributed by atoms with van der Waals surface area (Å²) in [5, 5.41) is 19.4. The highest BCUT2D eigenvalue weighted by Crippen LogP contribution is 2.36. The number of rotatable bonds is 11. The van der Waals surface area contributed by atoms with Gasteiger partial charge >= 0.3 is 5.97 Å². The van der Waals surface area contributed by atoms with Crippen molar-refractivity contribution in [2.45, 2.75) is 63.9 Å². The summed E-state index contributed by atoms with van der Waals surface area (Å²) in [5.74, 6) is -0.735. The minimum absolute atomic E-state index is 0.139. The van der Waals surface area contributed by atoms with Gasteiger partial charge in [0, 0.05) is 4.88 Å². The van der Waals surface area contributed by atoms with E-state index in [1.807, 2.05) is 36.4 Å². The first kappa shape index (κ1) is 22.4. The minimum Gasteiger partial charge on any atom is -0.477 e. The average molecular weight is 427 g/mol. The number of benzene rings is 1. The SMILES string of the molecule is CCCCCC(O)c1ccc([C@H]2C(=O)C=C[C@H]2CCCc2ccc(C(=O)O)s2)cc1. The Kier molecular flexibility index (Phi) is 8.00. The normalized spacial score (nSPS) is 19.3. The number of aryl methyl sites for hydroxylation is 1. The highest BCUT2D eigenvalue weighted by Gasteiger charge is 2.31. The van der Waals surface area contributed by atoms with Crippen LogP contribution in [-0.2, 0) is 11.2 Å². The van der Waals surface area contributed by atoms with Crippen LogP contribution in [-0.4, -0.2) is 22.0 Å². The van der Waals surface area contributed by atoms with E-state index >= 15 is 0 Å². The molecule has 4 nitrogen and oxygen atoms in total. The number of carboxylic acids is 1. The highest BCUT2D eigenvalue weighted by molar-refractivity contribution is 7.13. The van der Waals surface area contributed by atoms with Gasteiger partial charge in [0.25, 0.3) is 0 Å². The first-order valence-electron chi connectivity index (χ1n) is 10.8. The second-order valence-corrected chi connectivity index (χ2v) is 9.21. The largest absolute Gasteiger partial charge is 0.477 e. The fourth-order valence-corrected chi connectivity index (χ4v) is 5.03. The lowest BCUT2D eigenvalue weighted by Gasteiger charge is -2.19. The fourth-order valence-electron chi connectivity index (χ4n) is 4.14. The number of ketones is 1. The zero-order valence-electron chi connectivity index (χ0n) is 17.4. The van der Waals surface area contributed by atoms with E-state index in [4.69, 9.17) is 5.11 Å². The van der Waals surface area contributed by atoms with Crippen molar-refractivity contribution in [3.63, 3.8) is 0 Å². The molecule has 0 saturated heterocycles. The van der Waals surface area contributed by atoms with E-state index in [1.54, 1.807) is 12.1 Å². The van der Waals surface area contributed by atoms with E-state index in [1.165, 1.54) is 11.3 Å². The molecule has 0 radical (unpaired) electrons. The van der Waals surface area contributed by atoms with Gasteiger partial charge in [0.15, 0.2) is 5.78 Å². The molecule has 3 atom stereocenters. The van der Waals surface area contributed by atoms with Crippen LogP contribution in [0.2, 0.25) is 0 Å².